The molecule has 18 heavy (non-hydrogen) atoms. The van der Waals surface area contributed by atoms with Gasteiger partial charge >= 0.3 is 6.03 Å². The van der Waals surface area contributed by atoms with Gasteiger partial charge in [0.15, 0.2) is 0 Å². The maximum absolute atomic E-state index is 11.9. The highest BCUT2D eigenvalue weighted by Crippen LogP contribution is 2.21. The first-order chi connectivity index (χ1) is 8.52. The zero-order chi connectivity index (χ0) is 13.3. The van der Waals surface area contributed by atoms with E-state index in [-0.39, 0.29) is 6.54 Å². The van der Waals surface area contributed by atoms with Crippen LogP contribution in [0.5, 0.6) is 0 Å². The molecule has 0 radical (unpaired) electrons. The molecule has 4 amide bonds. The van der Waals surface area contributed by atoms with Gasteiger partial charge in [0.2, 0.25) is 11.8 Å². The molecule has 1 aromatic rings. The second kappa shape index (κ2) is 4.89. The average Bonchev–Trinajstić information content (AvgIpc) is 2.80. The number of thiophene rings is 1. The fourth-order valence-corrected chi connectivity index (χ4v) is 2.68. The molecule has 0 spiro atoms. The van der Waals surface area contributed by atoms with Gasteiger partial charge in [-0.25, -0.2) is 4.79 Å². The molecule has 1 unspecified atom stereocenters. The molecule has 0 aromatic carbocycles. The van der Waals surface area contributed by atoms with Crippen molar-refractivity contribution in [1.29, 1.82) is 0 Å². The summed E-state index contributed by atoms with van der Waals surface area (Å²) in [6.07, 6.45) is 0.930. The third kappa shape index (κ3) is 2.28. The lowest BCUT2D eigenvalue weighted by molar-refractivity contribution is -0.142. The van der Waals surface area contributed by atoms with Crippen molar-refractivity contribution >= 4 is 29.2 Å². The van der Waals surface area contributed by atoms with Gasteiger partial charge in [-0.15, -0.1) is 11.3 Å². The second-order valence-corrected chi connectivity index (χ2v) is 5.41. The number of hydrogen-bond donors (Lipinski definition) is 1. The smallest absolute Gasteiger partial charge is 0.277 e. The summed E-state index contributed by atoms with van der Waals surface area (Å²) < 4.78 is 0. The van der Waals surface area contributed by atoms with E-state index < -0.39 is 23.8 Å². The Morgan fingerprint density at radius 3 is 2.56 bits per heavy atom. The molecule has 96 valence electrons. The van der Waals surface area contributed by atoms with Crippen molar-refractivity contribution in [2.24, 2.45) is 5.92 Å². The lowest BCUT2D eigenvalue weighted by atomic mass is 10.1. The van der Waals surface area contributed by atoms with Gasteiger partial charge in [-0.3, -0.25) is 19.8 Å². The Morgan fingerprint density at radius 1 is 1.28 bits per heavy atom. The largest absolute Gasteiger partial charge is 0.331 e. The average molecular weight is 266 g/mol. The van der Waals surface area contributed by atoms with Crippen molar-refractivity contribution in [3.63, 3.8) is 0 Å². The van der Waals surface area contributed by atoms with Crippen LogP contribution < -0.4 is 5.32 Å². The third-order valence-electron chi connectivity index (χ3n) is 2.88. The van der Waals surface area contributed by atoms with E-state index in [2.05, 4.69) is 12.2 Å². The van der Waals surface area contributed by atoms with Gasteiger partial charge in [0, 0.05) is 9.75 Å². The molecule has 1 aliphatic rings. The minimum Gasteiger partial charge on any atom is -0.277 e. The number of carbonyl (C=O) groups is 3. The van der Waals surface area contributed by atoms with E-state index in [4.69, 9.17) is 0 Å². The molecule has 6 heteroatoms. The molecular formula is C12H14N2O3S. The first-order valence-corrected chi connectivity index (χ1v) is 6.58. The van der Waals surface area contributed by atoms with E-state index in [1.54, 1.807) is 11.3 Å². The Labute approximate surface area is 109 Å². The number of carbonyl (C=O) groups excluding carboxylic acids is 3. The lowest BCUT2D eigenvalue weighted by Gasteiger charge is -2.27. The zero-order valence-corrected chi connectivity index (χ0v) is 11.0. The SMILES string of the molecule is CCc1ccc(CN2C(=O)NC(=O)C(C)C2=O)s1. The van der Waals surface area contributed by atoms with Crippen molar-refractivity contribution in [3.8, 4) is 0 Å². The quantitative estimate of drug-likeness (QED) is 0.844. The van der Waals surface area contributed by atoms with Gasteiger partial charge in [-0.05, 0) is 25.5 Å². The van der Waals surface area contributed by atoms with Gasteiger partial charge in [0.1, 0.15) is 5.92 Å². The van der Waals surface area contributed by atoms with Crippen LogP contribution in [0.2, 0.25) is 0 Å². The predicted molar refractivity (Wildman–Crippen MR) is 66.9 cm³/mol. The van der Waals surface area contributed by atoms with Gasteiger partial charge in [-0.1, -0.05) is 6.92 Å². The highest BCUT2D eigenvalue weighted by Gasteiger charge is 2.37. The fraction of sp³-hybridized carbons (Fsp3) is 0.417. The first kappa shape index (κ1) is 12.8. The van der Waals surface area contributed by atoms with Crippen LogP contribution in [0.3, 0.4) is 0 Å². The first-order valence-electron chi connectivity index (χ1n) is 5.76. The number of nitrogens with zero attached hydrogens (tertiary/aromatic N) is 1. The molecule has 1 saturated heterocycles. The van der Waals surface area contributed by atoms with Crippen molar-refractivity contribution in [2.75, 3.05) is 0 Å². The summed E-state index contributed by atoms with van der Waals surface area (Å²) in [7, 11) is 0. The van der Waals surface area contributed by atoms with E-state index >= 15 is 0 Å². The number of aryl methyl sites for hydroxylation is 1. The Kier molecular flexibility index (Phi) is 3.47. The van der Waals surface area contributed by atoms with E-state index in [0.717, 1.165) is 16.2 Å². The predicted octanol–water partition coefficient (Wildman–Crippen LogP) is 1.53. The molecule has 5 nitrogen and oxygen atoms in total. The molecule has 2 heterocycles. The van der Waals surface area contributed by atoms with Crippen LogP contribution in [0.1, 0.15) is 23.6 Å². The maximum Gasteiger partial charge on any atom is 0.331 e. The van der Waals surface area contributed by atoms with Crippen LogP contribution in [0.4, 0.5) is 4.79 Å². The Hall–Kier alpha value is -1.69. The van der Waals surface area contributed by atoms with Crippen molar-refractivity contribution in [2.45, 2.75) is 26.8 Å². The van der Waals surface area contributed by atoms with Crippen LogP contribution >= 0.6 is 11.3 Å². The van der Waals surface area contributed by atoms with Crippen LogP contribution in [0, 0.1) is 5.92 Å². The molecule has 0 saturated carbocycles. The highest BCUT2D eigenvalue weighted by molar-refractivity contribution is 7.11. The van der Waals surface area contributed by atoms with Crippen LogP contribution in [-0.4, -0.2) is 22.7 Å². The molecule has 0 bridgehead atoms. The number of hydrogen-bond acceptors (Lipinski definition) is 4. The molecule has 1 N–H and O–H groups in total. The van der Waals surface area contributed by atoms with Gasteiger partial charge in [0.25, 0.3) is 0 Å². The molecule has 0 aliphatic carbocycles. The molecular weight excluding hydrogens is 252 g/mol. The maximum atomic E-state index is 11.9. The third-order valence-corrected chi connectivity index (χ3v) is 4.10. The number of urea groups is 1. The topological polar surface area (TPSA) is 66.5 Å². The molecule has 1 aliphatic heterocycles. The van der Waals surface area contributed by atoms with Gasteiger partial charge in [0.05, 0.1) is 6.54 Å². The van der Waals surface area contributed by atoms with Gasteiger partial charge in [-0.2, -0.15) is 0 Å². The summed E-state index contributed by atoms with van der Waals surface area (Å²) in [4.78, 5) is 38.0. The minimum atomic E-state index is -0.798. The highest BCUT2D eigenvalue weighted by atomic mass is 32.1. The summed E-state index contributed by atoms with van der Waals surface area (Å²) in [6.45, 7) is 3.78. The number of imide groups is 2. The molecule has 1 atom stereocenters. The van der Waals surface area contributed by atoms with E-state index in [0.29, 0.717) is 0 Å². The van der Waals surface area contributed by atoms with Crippen molar-refractivity contribution in [1.82, 2.24) is 10.2 Å². The number of barbiturate groups is 1. The standard InChI is InChI=1S/C12H14N2O3S/c1-3-8-4-5-9(18-8)6-14-11(16)7(2)10(15)13-12(14)17/h4-5,7H,3,6H2,1-2H3,(H,13,15,17). The Morgan fingerprint density at radius 2 is 1.94 bits per heavy atom. The Bertz CT molecular complexity index is 509. The molecule has 1 aromatic heterocycles. The van der Waals surface area contributed by atoms with Crippen LogP contribution in [-0.2, 0) is 22.6 Å². The van der Waals surface area contributed by atoms with E-state index in [9.17, 15) is 14.4 Å². The Balaban J connectivity index is 2.14. The lowest BCUT2D eigenvalue weighted by Crippen LogP contribution is -2.56. The molecule has 1 fully saturated rings. The summed E-state index contributed by atoms with van der Waals surface area (Å²) in [5.41, 5.74) is 0. The summed E-state index contributed by atoms with van der Waals surface area (Å²) in [6, 6.07) is 3.26. The number of rotatable bonds is 3. The summed E-state index contributed by atoms with van der Waals surface area (Å²) in [5, 5.41) is 2.18. The van der Waals surface area contributed by atoms with Crippen LogP contribution in [0.25, 0.3) is 0 Å². The van der Waals surface area contributed by atoms with Crippen molar-refractivity contribution < 1.29 is 14.4 Å². The zero-order valence-electron chi connectivity index (χ0n) is 10.2. The van der Waals surface area contributed by atoms with Gasteiger partial charge < -0.3 is 0 Å². The molecule has 2 rings (SSSR count). The number of nitrogens with one attached hydrogen (secondary N) is 1. The summed E-state index contributed by atoms with van der Waals surface area (Å²) >= 11 is 1.57. The van der Waals surface area contributed by atoms with Crippen molar-refractivity contribution in [3.05, 3.63) is 21.9 Å². The number of amides is 4. The van der Waals surface area contributed by atoms with E-state index in [1.165, 1.54) is 11.8 Å². The normalized spacial score (nSPS) is 20.2. The van der Waals surface area contributed by atoms with Crippen LogP contribution in [0.15, 0.2) is 12.1 Å². The van der Waals surface area contributed by atoms with E-state index in [1.807, 2.05) is 12.1 Å². The second-order valence-electron chi connectivity index (χ2n) is 4.16. The minimum absolute atomic E-state index is 0.229. The summed E-state index contributed by atoms with van der Waals surface area (Å²) in [5.74, 6) is -1.76. The fourth-order valence-electron chi connectivity index (χ4n) is 1.73. The monoisotopic (exact) mass is 266 g/mol.